The number of nitrogens with zero attached hydrogens (tertiary/aromatic N) is 2. The molecule has 0 aliphatic rings. The third-order valence-electron chi connectivity index (χ3n) is 7.39. The smallest absolute Gasteiger partial charge is 0.146 e. The van der Waals surface area contributed by atoms with Crippen LogP contribution in [0, 0.1) is 0 Å². The van der Waals surface area contributed by atoms with E-state index in [2.05, 4.69) is 0 Å². The van der Waals surface area contributed by atoms with Gasteiger partial charge in [-0.05, 0) is 68.0 Å². The van der Waals surface area contributed by atoms with Crippen molar-refractivity contribution in [3.63, 3.8) is 0 Å². The molecule has 41 heavy (non-hydrogen) atoms. The van der Waals surface area contributed by atoms with E-state index >= 15 is 0 Å². The Morgan fingerprint density at radius 1 is 0.463 bits per heavy atom. The van der Waals surface area contributed by atoms with Crippen molar-refractivity contribution in [2.45, 2.75) is 0 Å². The van der Waals surface area contributed by atoms with Gasteiger partial charge in [0, 0.05) is 11.3 Å². The second-order valence-corrected chi connectivity index (χ2v) is 9.65. The highest BCUT2D eigenvalue weighted by Gasteiger charge is 2.21. The maximum Gasteiger partial charge on any atom is 0.146 e. The van der Waals surface area contributed by atoms with Gasteiger partial charge in [0.05, 0.1) is 24.7 Å². The van der Waals surface area contributed by atoms with E-state index in [1.807, 2.05) is 84.9 Å². The number of fused-ring (bicyclic) bond motifs is 3. The van der Waals surface area contributed by atoms with Crippen LogP contribution >= 0.6 is 0 Å². The lowest BCUT2D eigenvalue weighted by molar-refractivity contribution is 1.11. The molecule has 0 saturated carbocycles. The summed E-state index contributed by atoms with van der Waals surface area (Å²) in [4.78, 5) is 5.06. The lowest BCUT2D eigenvalue weighted by Crippen LogP contribution is -1.99. The van der Waals surface area contributed by atoms with Crippen LogP contribution in [0.1, 0.15) is 13.7 Å². The van der Waals surface area contributed by atoms with E-state index in [0.29, 0.717) is 22.4 Å². The van der Waals surface area contributed by atoms with Crippen LogP contribution in [0.25, 0.3) is 71.9 Å². The fourth-order valence-electron chi connectivity index (χ4n) is 5.65. The van der Waals surface area contributed by atoms with Crippen molar-refractivity contribution in [3.05, 3.63) is 157 Å². The zero-order valence-corrected chi connectivity index (χ0v) is 21.6. The average Bonchev–Trinajstić information content (AvgIpc) is 3.52. The van der Waals surface area contributed by atoms with Gasteiger partial charge in [0.15, 0.2) is 0 Å². The molecule has 0 unspecified atom stereocenters. The highest BCUT2D eigenvalue weighted by Crippen LogP contribution is 2.44. The Morgan fingerprint density at radius 3 is 1.61 bits per heavy atom. The lowest BCUT2D eigenvalue weighted by atomic mass is 9.87. The summed E-state index contributed by atoms with van der Waals surface area (Å²) in [5.74, 6) is 0.421. The van der Waals surface area contributed by atoms with E-state index in [-0.39, 0.29) is 35.4 Å². The molecule has 0 fully saturated rings. The normalized spacial score (nSPS) is 14.8. The van der Waals surface area contributed by atoms with Gasteiger partial charge in [-0.3, -0.25) is 4.57 Å². The Bertz CT molecular complexity index is 2640. The van der Waals surface area contributed by atoms with E-state index in [0.717, 1.165) is 38.2 Å². The first-order valence-electron chi connectivity index (χ1n) is 18.2. The van der Waals surface area contributed by atoms with Gasteiger partial charge in [-0.25, -0.2) is 4.98 Å². The first-order chi connectivity index (χ1) is 24.5. The first-order valence-corrected chi connectivity index (χ1v) is 13.2. The van der Waals surface area contributed by atoms with Crippen LogP contribution in [0.2, 0.25) is 0 Å². The van der Waals surface area contributed by atoms with E-state index in [1.54, 1.807) is 16.7 Å². The summed E-state index contributed by atoms with van der Waals surface area (Å²) >= 11 is 0. The van der Waals surface area contributed by atoms with E-state index in [1.165, 1.54) is 0 Å². The molecule has 1 heterocycles. The maximum absolute atomic E-state index is 8.88. The maximum atomic E-state index is 8.88. The van der Waals surface area contributed by atoms with Crippen molar-refractivity contribution in [2.24, 2.45) is 0 Å². The molecule has 192 valence electrons. The number of rotatable bonds is 4. The zero-order valence-electron chi connectivity index (χ0n) is 31.6. The average molecular weight is 533 g/mol. The van der Waals surface area contributed by atoms with Crippen LogP contribution in [0.15, 0.2) is 157 Å². The Hall–Kier alpha value is -5.47. The monoisotopic (exact) mass is 532 g/mol. The molecule has 2 nitrogen and oxygen atoms in total. The molecule has 0 radical (unpaired) electrons. The fraction of sp³-hybridized carbons (Fsp3) is 0. The summed E-state index contributed by atoms with van der Waals surface area (Å²) in [6, 6.07) is 26.5. The summed E-state index contributed by atoms with van der Waals surface area (Å²) in [6.45, 7) is 0. The van der Waals surface area contributed by atoms with Crippen molar-refractivity contribution >= 4 is 32.6 Å². The molecule has 0 spiro atoms. The molecular weight excluding hydrogens is 496 g/mol. The van der Waals surface area contributed by atoms with Gasteiger partial charge < -0.3 is 0 Å². The van der Waals surface area contributed by atoms with Crippen LogP contribution in [0.4, 0.5) is 0 Å². The third-order valence-corrected chi connectivity index (χ3v) is 7.39. The van der Waals surface area contributed by atoms with Gasteiger partial charge in [0.2, 0.25) is 0 Å². The van der Waals surface area contributed by atoms with Gasteiger partial charge in [-0.2, -0.15) is 0 Å². The summed E-state index contributed by atoms with van der Waals surface area (Å²) in [6.07, 6.45) is 0. The molecular formula is C39H26N2. The second-order valence-electron chi connectivity index (χ2n) is 9.65. The van der Waals surface area contributed by atoms with Crippen LogP contribution in [-0.4, -0.2) is 9.55 Å². The molecule has 7 aromatic carbocycles. The van der Waals surface area contributed by atoms with Crippen LogP contribution < -0.4 is 0 Å². The minimum Gasteiger partial charge on any atom is -0.292 e. The van der Waals surface area contributed by atoms with Crippen molar-refractivity contribution < 1.29 is 13.7 Å². The highest BCUT2D eigenvalue weighted by molar-refractivity contribution is 6.21. The lowest BCUT2D eigenvalue weighted by Gasteiger charge is -2.18. The van der Waals surface area contributed by atoms with Crippen molar-refractivity contribution in [3.8, 4) is 39.3 Å². The quantitative estimate of drug-likeness (QED) is 0.206. The number of benzene rings is 7. The van der Waals surface area contributed by atoms with E-state index in [9.17, 15) is 0 Å². The van der Waals surface area contributed by atoms with Crippen molar-refractivity contribution in [1.82, 2.24) is 9.55 Å². The molecule has 0 saturated heterocycles. The van der Waals surface area contributed by atoms with E-state index in [4.69, 9.17) is 18.7 Å². The summed E-state index contributed by atoms with van der Waals surface area (Å²) in [7, 11) is 0. The van der Waals surface area contributed by atoms with Gasteiger partial charge >= 0.3 is 0 Å². The van der Waals surface area contributed by atoms with Gasteiger partial charge in [-0.15, -0.1) is 0 Å². The minimum atomic E-state index is -0.474. The minimum absolute atomic E-state index is 0.00479. The van der Waals surface area contributed by atoms with Crippen molar-refractivity contribution in [1.29, 1.82) is 0 Å². The van der Waals surface area contributed by atoms with Crippen molar-refractivity contribution in [2.75, 3.05) is 0 Å². The zero-order chi connectivity index (χ0) is 35.9. The molecule has 0 amide bonds. The van der Waals surface area contributed by atoms with Gasteiger partial charge in [0.1, 0.15) is 5.82 Å². The van der Waals surface area contributed by atoms with Crippen LogP contribution in [0.3, 0.4) is 0 Å². The molecule has 0 aliphatic carbocycles. The molecule has 2 heteroatoms. The number of para-hydroxylation sites is 3. The second kappa shape index (κ2) is 9.62. The SMILES string of the molecule is [2H]c1c([2H])c([2H])c(-c2ccc(-c3c4ccccc4c(-c4nc5ccccc5n4-c4c([2H])c([2H])c([2H])c([2H])c4[2H])c4ccccc34)cc2)c([2H])c1[2H]. The van der Waals surface area contributed by atoms with Gasteiger partial charge in [-0.1, -0.05) is 133 Å². The number of aromatic nitrogens is 2. The standard InChI is InChI=1S/C39H26N2/c1-3-13-27(14-4-1)28-23-25-29(26-24-28)37-31-17-7-9-19-33(31)38(34-20-10-8-18-32(34)37)39-40-35-21-11-12-22-36(35)41(39)30-15-5-2-6-16-30/h1-26H/i1D,2D,3D,4D,5D,6D,13D,14D,15D,16D. The Morgan fingerprint density at radius 2 is 0.976 bits per heavy atom. The van der Waals surface area contributed by atoms with E-state index < -0.39 is 36.3 Å². The number of imidazole rings is 1. The topological polar surface area (TPSA) is 17.8 Å². The summed E-state index contributed by atoms with van der Waals surface area (Å²) in [5, 5.41) is 3.40. The Balaban J connectivity index is 1.43. The Labute approximate surface area is 252 Å². The predicted molar refractivity (Wildman–Crippen MR) is 172 cm³/mol. The largest absolute Gasteiger partial charge is 0.292 e. The summed E-state index contributed by atoms with van der Waals surface area (Å²) in [5.41, 5.74) is 4.28. The predicted octanol–water partition coefficient (Wildman–Crippen LogP) is 10.3. The molecule has 0 bridgehead atoms. The Kier molecular flexibility index (Phi) is 3.60. The molecule has 0 N–H and O–H groups in total. The highest BCUT2D eigenvalue weighted by atomic mass is 15.1. The third kappa shape index (κ3) is 3.84. The van der Waals surface area contributed by atoms with Gasteiger partial charge in [0.25, 0.3) is 0 Å². The summed E-state index contributed by atoms with van der Waals surface area (Å²) < 4.78 is 85.7. The number of hydrogen-bond donors (Lipinski definition) is 0. The number of hydrogen-bond acceptors (Lipinski definition) is 1. The molecule has 1 aromatic heterocycles. The molecule has 8 rings (SSSR count). The molecule has 8 aromatic rings. The first kappa shape index (κ1) is 15.4. The van der Waals surface area contributed by atoms with Crippen LogP contribution in [0.5, 0.6) is 0 Å². The fourth-order valence-corrected chi connectivity index (χ4v) is 5.65. The molecule has 0 atom stereocenters. The molecule has 0 aliphatic heterocycles. The van der Waals surface area contributed by atoms with Crippen LogP contribution in [-0.2, 0) is 0 Å².